The maximum absolute atomic E-state index is 13.2. The van der Waals surface area contributed by atoms with Crippen LogP contribution in [0, 0.1) is 19.8 Å². The van der Waals surface area contributed by atoms with Crippen LogP contribution in [0.25, 0.3) is 22.0 Å². The molecule has 0 saturated carbocycles. The number of carbonyl (C=O) groups excluding carboxylic acids is 1. The van der Waals surface area contributed by atoms with Gasteiger partial charge in [0.2, 0.25) is 5.91 Å². The number of allylic oxidation sites excluding steroid dienone is 1. The molecule has 1 amide bonds. The van der Waals surface area contributed by atoms with Crippen molar-refractivity contribution in [1.29, 1.82) is 0 Å². The predicted octanol–water partition coefficient (Wildman–Crippen LogP) is 4.40. The Hall–Kier alpha value is -3.41. The van der Waals surface area contributed by atoms with Gasteiger partial charge in [0.25, 0.3) is 5.56 Å². The van der Waals surface area contributed by atoms with Gasteiger partial charge in [-0.1, -0.05) is 13.0 Å². The van der Waals surface area contributed by atoms with Crippen molar-refractivity contribution < 1.29 is 4.79 Å². The topological polar surface area (TPSA) is 67.2 Å². The minimum Gasteiger partial charge on any atom is -0.366 e. The number of hydrogen-bond acceptors (Lipinski definition) is 4. The first-order valence-electron chi connectivity index (χ1n) is 10.9. The third-order valence-corrected chi connectivity index (χ3v) is 6.98. The van der Waals surface area contributed by atoms with E-state index in [4.69, 9.17) is 0 Å². The molecule has 0 aliphatic carbocycles. The van der Waals surface area contributed by atoms with Gasteiger partial charge < -0.3 is 14.8 Å². The van der Waals surface area contributed by atoms with E-state index < -0.39 is 0 Å². The summed E-state index contributed by atoms with van der Waals surface area (Å²) in [6.07, 6.45) is 1.80. The number of pyridine rings is 2. The molecule has 3 aromatic rings. The summed E-state index contributed by atoms with van der Waals surface area (Å²) in [5, 5.41) is 3.98. The maximum Gasteiger partial charge on any atom is 0.258 e. The second kappa shape index (κ2) is 7.93. The van der Waals surface area contributed by atoms with Gasteiger partial charge in [0, 0.05) is 54.2 Å². The van der Waals surface area contributed by atoms with Gasteiger partial charge in [0.1, 0.15) is 6.04 Å². The molecule has 0 fully saturated rings. The van der Waals surface area contributed by atoms with Crippen molar-refractivity contribution in [1.82, 2.24) is 14.5 Å². The van der Waals surface area contributed by atoms with Gasteiger partial charge in [-0.05, 0) is 68.7 Å². The number of amides is 1. The summed E-state index contributed by atoms with van der Waals surface area (Å²) in [6, 6.07) is 9.29. The van der Waals surface area contributed by atoms with E-state index in [0.29, 0.717) is 11.3 Å². The molecule has 6 nitrogen and oxygen atoms in total. The van der Waals surface area contributed by atoms with E-state index in [1.165, 1.54) is 5.57 Å². The number of nitrogens with zero attached hydrogens (tertiary/aromatic N) is 3. The van der Waals surface area contributed by atoms with Crippen molar-refractivity contribution >= 4 is 22.5 Å². The number of aromatic nitrogens is 2. The van der Waals surface area contributed by atoms with E-state index in [9.17, 15) is 9.59 Å². The van der Waals surface area contributed by atoms with Crippen LogP contribution >= 0.6 is 0 Å². The van der Waals surface area contributed by atoms with Gasteiger partial charge in [-0.3, -0.25) is 14.6 Å². The molecule has 2 atom stereocenters. The Morgan fingerprint density at radius 2 is 1.75 bits per heavy atom. The minimum absolute atomic E-state index is 0.0444. The van der Waals surface area contributed by atoms with E-state index in [1.807, 2.05) is 56.1 Å². The molecule has 0 spiro atoms. The van der Waals surface area contributed by atoms with Crippen LogP contribution in [-0.4, -0.2) is 33.4 Å². The molecule has 166 valence electrons. The van der Waals surface area contributed by atoms with Crippen LogP contribution in [0.15, 0.2) is 52.6 Å². The summed E-state index contributed by atoms with van der Waals surface area (Å²) in [5.74, 6) is 0.103. The van der Waals surface area contributed by atoms with Crippen LogP contribution in [0.5, 0.6) is 0 Å². The zero-order valence-electron chi connectivity index (χ0n) is 19.8. The Balaban J connectivity index is 1.72. The molecular weight excluding hydrogens is 400 g/mol. The highest BCUT2D eigenvalue weighted by molar-refractivity contribution is 5.96. The number of rotatable bonds is 3. The number of aryl methyl sites for hydroxylation is 3. The Kier molecular flexibility index (Phi) is 5.41. The Morgan fingerprint density at radius 1 is 1.03 bits per heavy atom. The fourth-order valence-electron chi connectivity index (χ4n) is 4.66. The monoisotopic (exact) mass is 430 g/mol. The van der Waals surface area contributed by atoms with E-state index in [2.05, 4.69) is 31.1 Å². The van der Waals surface area contributed by atoms with Gasteiger partial charge in [-0.2, -0.15) is 0 Å². The van der Waals surface area contributed by atoms with E-state index in [0.717, 1.165) is 33.4 Å². The molecule has 0 bridgehead atoms. The molecule has 4 rings (SSSR count). The fourth-order valence-corrected chi connectivity index (χ4v) is 4.66. The van der Waals surface area contributed by atoms with Gasteiger partial charge >= 0.3 is 0 Å². The maximum atomic E-state index is 13.2. The standard InChI is InChI=1S/C26H30N4O2/c1-14-8-9-20(28-25(31)24-17(4)16(3)18(5)29(24)6)12-21(14)22-11-19-13-27-15(2)10-23(19)30(7)26(22)32/h8-13,17,24H,1-7H3,(H,28,31). The van der Waals surface area contributed by atoms with Crippen molar-refractivity contribution in [2.24, 2.45) is 13.0 Å². The summed E-state index contributed by atoms with van der Waals surface area (Å²) in [6.45, 7) is 10.1. The largest absolute Gasteiger partial charge is 0.366 e. The number of benzene rings is 1. The van der Waals surface area contributed by atoms with E-state index in [1.54, 1.807) is 17.8 Å². The van der Waals surface area contributed by atoms with Crippen LogP contribution in [0.1, 0.15) is 32.0 Å². The lowest BCUT2D eigenvalue weighted by Crippen LogP contribution is -2.41. The summed E-state index contributed by atoms with van der Waals surface area (Å²) in [7, 11) is 3.74. The van der Waals surface area contributed by atoms with Crippen molar-refractivity contribution in [3.8, 4) is 11.1 Å². The summed E-state index contributed by atoms with van der Waals surface area (Å²) in [5.41, 5.74) is 7.09. The molecular formula is C26H30N4O2. The smallest absolute Gasteiger partial charge is 0.258 e. The summed E-state index contributed by atoms with van der Waals surface area (Å²) in [4.78, 5) is 32.7. The number of likely N-dealkylation sites (N-methyl/N-ethyl adjacent to an activating group) is 1. The first kappa shape index (κ1) is 21.8. The average molecular weight is 431 g/mol. The third kappa shape index (κ3) is 3.49. The van der Waals surface area contributed by atoms with E-state index in [-0.39, 0.29) is 23.4 Å². The normalized spacial score (nSPS) is 18.5. The van der Waals surface area contributed by atoms with Crippen LogP contribution in [0.4, 0.5) is 5.69 Å². The van der Waals surface area contributed by atoms with Crippen LogP contribution in [0.2, 0.25) is 0 Å². The Bertz CT molecular complexity index is 1320. The zero-order chi connectivity index (χ0) is 23.3. The average Bonchev–Trinajstić information content (AvgIpc) is 2.95. The molecule has 0 saturated heterocycles. The van der Waals surface area contributed by atoms with Crippen LogP contribution < -0.4 is 10.9 Å². The lowest BCUT2D eigenvalue weighted by Gasteiger charge is -2.26. The molecule has 1 aliphatic rings. The molecule has 32 heavy (non-hydrogen) atoms. The molecule has 1 aromatic carbocycles. The molecule has 1 N–H and O–H groups in total. The quantitative estimate of drug-likeness (QED) is 0.669. The van der Waals surface area contributed by atoms with Crippen molar-refractivity contribution in [3.63, 3.8) is 0 Å². The lowest BCUT2D eigenvalue weighted by molar-refractivity contribution is -0.120. The van der Waals surface area contributed by atoms with Crippen molar-refractivity contribution in [2.75, 3.05) is 12.4 Å². The highest BCUT2D eigenvalue weighted by Gasteiger charge is 2.36. The second-order valence-electron chi connectivity index (χ2n) is 8.94. The SMILES string of the molecule is CC1=C(C)N(C)C(C(=O)Nc2ccc(C)c(-c3cc4cnc(C)cc4n(C)c3=O)c2)C1C. The van der Waals surface area contributed by atoms with Gasteiger partial charge in [0.05, 0.1) is 5.52 Å². The highest BCUT2D eigenvalue weighted by atomic mass is 16.2. The zero-order valence-corrected chi connectivity index (χ0v) is 19.8. The number of nitrogens with one attached hydrogen (secondary N) is 1. The third-order valence-electron chi connectivity index (χ3n) is 6.98. The summed E-state index contributed by atoms with van der Waals surface area (Å²) >= 11 is 0. The van der Waals surface area contributed by atoms with Crippen molar-refractivity contribution in [2.45, 2.75) is 40.7 Å². The molecule has 3 heterocycles. The second-order valence-corrected chi connectivity index (χ2v) is 8.94. The molecule has 0 radical (unpaired) electrons. The van der Waals surface area contributed by atoms with Crippen molar-refractivity contribution in [3.05, 3.63) is 69.4 Å². The Morgan fingerprint density at radius 3 is 2.41 bits per heavy atom. The summed E-state index contributed by atoms with van der Waals surface area (Å²) < 4.78 is 1.66. The fraction of sp³-hybridized carbons (Fsp3) is 0.346. The number of carbonyl (C=O) groups is 1. The Labute approximate surface area is 188 Å². The molecule has 1 aliphatic heterocycles. The molecule has 2 aromatic heterocycles. The molecule has 6 heteroatoms. The first-order valence-corrected chi connectivity index (χ1v) is 10.9. The predicted molar refractivity (Wildman–Crippen MR) is 130 cm³/mol. The van der Waals surface area contributed by atoms with Gasteiger partial charge in [-0.15, -0.1) is 0 Å². The molecule has 2 unspecified atom stereocenters. The number of hydrogen-bond donors (Lipinski definition) is 1. The number of fused-ring (bicyclic) bond motifs is 1. The lowest BCUT2D eigenvalue weighted by atomic mass is 9.96. The first-order chi connectivity index (χ1) is 15.1. The van der Waals surface area contributed by atoms with E-state index >= 15 is 0 Å². The van der Waals surface area contributed by atoms with Crippen LogP contribution in [-0.2, 0) is 11.8 Å². The van der Waals surface area contributed by atoms with Gasteiger partial charge in [-0.25, -0.2) is 0 Å². The highest BCUT2D eigenvalue weighted by Crippen LogP contribution is 2.33. The minimum atomic E-state index is -0.248. The van der Waals surface area contributed by atoms with Crippen LogP contribution in [0.3, 0.4) is 0 Å². The number of anilines is 1. The van der Waals surface area contributed by atoms with Gasteiger partial charge in [0.15, 0.2) is 0 Å².